The lowest BCUT2D eigenvalue weighted by molar-refractivity contribution is -0.123. The number of rotatable bonds is 57. The highest BCUT2D eigenvalue weighted by Crippen LogP contribution is 2.18. The van der Waals surface area contributed by atoms with Gasteiger partial charge in [0.1, 0.15) is 0 Å². The SMILES string of the molecule is CCCCCCCCCCCC/C=C/CC/C=C/CC/C=C/C(O)C(CO)NC(=O)CCCCCCCCCCCCCCCCCCCCCCCCCCCCCCCCCCCCC. The van der Waals surface area contributed by atoms with Crippen molar-refractivity contribution in [1.29, 1.82) is 0 Å². The highest BCUT2D eigenvalue weighted by Gasteiger charge is 2.18. The minimum Gasteiger partial charge on any atom is -0.394 e. The van der Waals surface area contributed by atoms with Crippen molar-refractivity contribution in [3.05, 3.63) is 36.5 Å². The van der Waals surface area contributed by atoms with Crippen LogP contribution in [0.15, 0.2) is 36.5 Å². The lowest BCUT2D eigenvalue weighted by Gasteiger charge is -2.19. The van der Waals surface area contributed by atoms with E-state index < -0.39 is 12.1 Å². The first-order chi connectivity index (χ1) is 33.2. The lowest BCUT2D eigenvalue weighted by Crippen LogP contribution is -2.45. The lowest BCUT2D eigenvalue weighted by atomic mass is 10.0. The third kappa shape index (κ3) is 55.4. The zero-order valence-electron chi connectivity index (χ0n) is 45.7. The van der Waals surface area contributed by atoms with E-state index in [1.54, 1.807) is 6.08 Å². The van der Waals surface area contributed by atoms with Gasteiger partial charge in [-0.25, -0.2) is 0 Å². The molecule has 0 aromatic heterocycles. The number of allylic oxidation sites excluding steroid dienone is 5. The standard InChI is InChI=1S/C63H121NO3/c1-3-5-7-9-11-13-15-17-19-21-23-25-26-27-28-29-30-31-32-33-34-35-36-37-38-39-41-43-45-47-49-51-53-55-57-59-63(67)64-61(60-65)62(66)58-56-54-52-50-48-46-44-42-40-24-22-20-18-16-14-12-10-8-6-4-2/h40,42,48,50,56,58,61-62,65-66H,3-39,41,43-47,49,51-55,57,59-60H2,1-2H3,(H,64,67)/b42-40+,50-48+,58-56+. The van der Waals surface area contributed by atoms with Crippen molar-refractivity contribution in [1.82, 2.24) is 5.32 Å². The Hall–Kier alpha value is -1.39. The Morgan fingerprint density at radius 1 is 0.343 bits per heavy atom. The number of aliphatic hydroxyl groups excluding tert-OH is 2. The second kappa shape index (κ2) is 58.9. The zero-order valence-corrected chi connectivity index (χ0v) is 45.7. The number of amides is 1. The van der Waals surface area contributed by atoms with E-state index in [0.29, 0.717) is 6.42 Å². The molecule has 0 radical (unpaired) electrons. The molecule has 0 aliphatic heterocycles. The molecule has 1 amide bonds. The molecule has 3 N–H and O–H groups in total. The number of unbranched alkanes of at least 4 members (excludes halogenated alkanes) is 46. The second-order valence-electron chi connectivity index (χ2n) is 21.1. The van der Waals surface area contributed by atoms with Gasteiger partial charge in [0.15, 0.2) is 0 Å². The summed E-state index contributed by atoms with van der Waals surface area (Å²) in [5, 5.41) is 23.1. The number of nitrogens with one attached hydrogen (secondary N) is 1. The number of carbonyl (C=O) groups is 1. The van der Waals surface area contributed by atoms with Gasteiger partial charge in [-0.1, -0.05) is 326 Å². The molecule has 4 nitrogen and oxygen atoms in total. The summed E-state index contributed by atoms with van der Waals surface area (Å²) in [6.45, 7) is 4.33. The Bertz CT molecular complexity index is 1020. The van der Waals surface area contributed by atoms with Gasteiger partial charge in [0.05, 0.1) is 18.8 Å². The molecule has 0 rings (SSSR count). The fourth-order valence-corrected chi connectivity index (χ4v) is 9.69. The minimum atomic E-state index is -0.869. The molecule has 0 fully saturated rings. The molecule has 0 aliphatic carbocycles. The quantitative estimate of drug-likeness (QED) is 0.0420. The van der Waals surface area contributed by atoms with E-state index in [9.17, 15) is 15.0 Å². The van der Waals surface area contributed by atoms with Crippen LogP contribution in [0.4, 0.5) is 0 Å². The van der Waals surface area contributed by atoms with Crippen molar-refractivity contribution in [2.24, 2.45) is 0 Å². The smallest absolute Gasteiger partial charge is 0.220 e. The highest BCUT2D eigenvalue weighted by molar-refractivity contribution is 5.76. The van der Waals surface area contributed by atoms with Gasteiger partial charge in [-0.2, -0.15) is 0 Å². The molecular formula is C63H121NO3. The highest BCUT2D eigenvalue weighted by atomic mass is 16.3. The Balaban J connectivity index is 3.44. The molecule has 0 aromatic rings. The molecule has 67 heavy (non-hydrogen) atoms. The largest absolute Gasteiger partial charge is 0.394 e. The maximum absolute atomic E-state index is 12.5. The van der Waals surface area contributed by atoms with Crippen LogP contribution in [0.5, 0.6) is 0 Å². The van der Waals surface area contributed by atoms with E-state index in [0.717, 1.165) is 38.5 Å². The van der Waals surface area contributed by atoms with E-state index in [1.807, 2.05) is 6.08 Å². The summed E-state index contributed by atoms with van der Waals surface area (Å²) in [7, 11) is 0. The van der Waals surface area contributed by atoms with Crippen LogP contribution < -0.4 is 5.32 Å². The number of aliphatic hydroxyl groups is 2. The average Bonchev–Trinajstić information content (AvgIpc) is 3.33. The summed E-state index contributed by atoms with van der Waals surface area (Å²) in [4.78, 5) is 12.5. The maximum atomic E-state index is 12.5. The van der Waals surface area contributed by atoms with Gasteiger partial charge in [-0.3, -0.25) is 4.79 Å². The van der Waals surface area contributed by atoms with E-state index in [1.165, 1.54) is 283 Å². The molecule has 396 valence electrons. The summed E-state index contributed by atoms with van der Waals surface area (Å²) in [5.74, 6) is -0.0713. The molecule has 0 saturated heterocycles. The molecule has 0 aliphatic rings. The normalized spacial score (nSPS) is 13.0. The topological polar surface area (TPSA) is 69.6 Å². The molecule has 4 heteroatoms. The van der Waals surface area contributed by atoms with Crippen LogP contribution >= 0.6 is 0 Å². The number of hydrogen-bond donors (Lipinski definition) is 3. The summed E-state index contributed by atoms with van der Waals surface area (Å²) in [6.07, 6.45) is 80.6. The zero-order chi connectivity index (χ0) is 48.5. The Labute approximate surface area is 421 Å². The van der Waals surface area contributed by atoms with Crippen LogP contribution in [-0.4, -0.2) is 34.9 Å². The molecule has 0 heterocycles. The monoisotopic (exact) mass is 940 g/mol. The summed E-state index contributed by atoms with van der Waals surface area (Å²) in [5.41, 5.74) is 0. The third-order valence-electron chi connectivity index (χ3n) is 14.4. The fraction of sp³-hybridized carbons (Fsp3) is 0.889. The van der Waals surface area contributed by atoms with Crippen LogP contribution in [0, 0.1) is 0 Å². The average molecular weight is 941 g/mol. The van der Waals surface area contributed by atoms with Gasteiger partial charge in [0.2, 0.25) is 5.91 Å². The minimum absolute atomic E-state index is 0.0713. The summed E-state index contributed by atoms with van der Waals surface area (Å²) < 4.78 is 0. The van der Waals surface area contributed by atoms with E-state index in [-0.39, 0.29) is 12.5 Å². The molecule has 0 bridgehead atoms. The van der Waals surface area contributed by atoms with Gasteiger partial charge >= 0.3 is 0 Å². The van der Waals surface area contributed by atoms with Crippen LogP contribution in [0.1, 0.15) is 341 Å². The molecular weight excluding hydrogens is 819 g/mol. The number of hydrogen-bond acceptors (Lipinski definition) is 3. The van der Waals surface area contributed by atoms with Crippen molar-refractivity contribution < 1.29 is 15.0 Å². The van der Waals surface area contributed by atoms with Crippen molar-refractivity contribution in [2.45, 2.75) is 353 Å². The van der Waals surface area contributed by atoms with Gasteiger partial charge in [0.25, 0.3) is 0 Å². The summed E-state index contributed by atoms with van der Waals surface area (Å²) >= 11 is 0. The molecule has 0 saturated carbocycles. The van der Waals surface area contributed by atoms with E-state index >= 15 is 0 Å². The Morgan fingerprint density at radius 2 is 0.582 bits per heavy atom. The van der Waals surface area contributed by atoms with Gasteiger partial charge in [-0.05, 0) is 44.9 Å². The Kier molecular flexibility index (Phi) is 57.7. The molecule has 2 unspecified atom stereocenters. The predicted molar refractivity (Wildman–Crippen MR) is 299 cm³/mol. The molecule has 2 atom stereocenters. The number of carbonyl (C=O) groups excluding carboxylic acids is 1. The van der Waals surface area contributed by atoms with Crippen molar-refractivity contribution in [3.63, 3.8) is 0 Å². The van der Waals surface area contributed by atoms with Gasteiger partial charge in [-0.15, -0.1) is 0 Å². The van der Waals surface area contributed by atoms with Crippen molar-refractivity contribution >= 4 is 5.91 Å². The predicted octanol–water partition coefficient (Wildman–Crippen LogP) is 20.4. The first-order valence-corrected chi connectivity index (χ1v) is 30.7. The van der Waals surface area contributed by atoms with E-state index in [2.05, 4.69) is 43.5 Å². The maximum Gasteiger partial charge on any atom is 0.220 e. The first-order valence-electron chi connectivity index (χ1n) is 30.7. The Morgan fingerprint density at radius 3 is 0.866 bits per heavy atom. The second-order valence-corrected chi connectivity index (χ2v) is 21.1. The van der Waals surface area contributed by atoms with E-state index in [4.69, 9.17) is 0 Å². The van der Waals surface area contributed by atoms with Crippen LogP contribution in [0.2, 0.25) is 0 Å². The fourth-order valence-electron chi connectivity index (χ4n) is 9.69. The first kappa shape index (κ1) is 65.6. The van der Waals surface area contributed by atoms with Crippen molar-refractivity contribution in [2.75, 3.05) is 6.61 Å². The third-order valence-corrected chi connectivity index (χ3v) is 14.4. The van der Waals surface area contributed by atoms with Gasteiger partial charge in [0, 0.05) is 6.42 Å². The van der Waals surface area contributed by atoms with Crippen LogP contribution in [-0.2, 0) is 4.79 Å². The van der Waals surface area contributed by atoms with Crippen LogP contribution in [0.25, 0.3) is 0 Å². The van der Waals surface area contributed by atoms with Crippen molar-refractivity contribution in [3.8, 4) is 0 Å². The summed E-state index contributed by atoms with van der Waals surface area (Å²) in [6, 6.07) is -0.644. The van der Waals surface area contributed by atoms with Gasteiger partial charge < -0.3 is 15.5 Å². The van der Waals surface area contributed by atoms with Crippen LogP contribution in [0.3, 0.4) is 0 Å². The molecule has 0 aromatic carbocycles. The molecule has 0 spiro atoms.